The van der Waals surface area contributed by atoms with Crippen molar-refractivity contribution in [2.45, 2.75) is 64.0 Å². The van der Waals surface area contributed by atoms with Gasteiger partial charge in [0.15, 0.2) is 5.69 Å². The third kappa shape index (κ3) is 8.50. The van der Waals surface area contributed by atoms with Gasteiger partial charge in [0.05, 0.1) is 18.8 Å². The molecule has 0 aliphatic heterocycles. The van der Waals surface area contributed by atoms with E-state index in [4.69, 9.17) is 9.47 Å². The van der Waals surface area contributed by atoms with Crippen molar-refractivity contribution >= 4 is 17.7 Å². The lowest BCUT2D eigenvalue weighted by Gasteiger charge is -2.29. The number of aromatic nitrogens is 2. The molecule has 12 heteroatoms. The van der Waals surface area contributed by atoms with Crippen LogP contribution in [0.25, 0.3) is 5.69 Å². The highest BCUT2D eigenvalue weighted by Gasteiger charge is 2.36. The van der Waals surface area contributed by atoms with E-state index >= 15 is 0 Å². The number of alkyl carbamates (subject to hydrolysis) is 1. The Labute approximate surface area is 271 Å². The minimum atomic E-state index is -4.78. The largest absolute Gasteiger partial charge is 0.497 e. The average Bonchev–Trinajstić information content (AvgIpc) is 3.76. The van der Waals surface area contributed by atoms with Crippen LogP contribution in [0.4, 0.5) is 23.7 Å². The van der Waals surface area contributed by atoms with Gasteiger partial charge >= 0.3 is 12.3 Å². The number of carbonyl (C=O) groups excluding carboxylic acids is 2. The van der Waals surface area contributed by atoms with Crippen molar-refractivity contribution < 1.29 is 32.2 Å². The molecule has 1 heterocycles. The smallest absolute Gasteiger partial charge is 0.435 e. The zero-order chi connectivity index (χ0) is 33.9. The van der Waals surface area contributed by atoms with E-state index in [0.29, 0.717) is 17.3 Å². The molecular weight excluding hydrogens is 611 g/mol. The van der Waals surface area contributed by atoms with Gasteiger partial charge < -0.3 is 20.1 Å². The number of carbonyl (C=O) groups is 2. The van der Waals surface area contributed by atoms with Crippen molar-refractivity contribution in [1.82, 2.24) is 20.0 Å². The number of halogens is 3. The molecule has 248 valence electrons. The average molecular weight is 650 g/mol. The lowest BCUT2D eigenvalue weighted by atomic mass is 9.96. The number of ether oxygens (including phenoxy) is 2. The van der Waals surface area contributed by atoms with E-state index < -0.39 is 29.5 Å². The molecule has 0 radical (unpaired) electrons. The first-order valence-corrected chi connectivity index (χ1v) is 15.2. The van der Waals surface area contributed by atoms with Gasteiger partial charge in [-0.15, -0.1) is 0 Å². The molecule has 5 rings (SSSR count). The van der Waals surface area contributed by atoms with Crippen molar-refractivity contribution in [3.63, 3.8) is 0 Å². The van der Waals surface area contributed by atoms with E-state index in [2.05, 4.69) is 27.7 Å². The minimum absolute atomic E-state index is 0.0498. The van der Waals surface area contributed by atoms with Crippen LogP contribution >= 0.6 is 0 Å². The highest BCUT2D eigenvalue weighted by atomic mass is 19.4. The summed E-state index contributed by atoms with van der Waals surface area (Å²) in [6, 6.07) is 22.5. The zero-order valence-electron chi connectivity index (χ0n) is 26.9. The van der Waals surface area contributed by atoms with Crippen LogP contribution in [0.3, 0.4) is 0 Å². The van der Waals surface area contributed by atoms with E-state index in [1.165, 1.54) is 6.07 Å². The molecule has 4 aromatic rings. The summed E-state index contributed by atoms with van der Waals surface area (Å²) in [5.74, 6) is -0.0458. The topological polar surface area (TPSA) is 97.7 Å². The number of methoxy groups -OCH3 is 1. The van der Waals surface area contributed by atoms with Crippen LogP contribution < -0.4 is 15.4 Å². The number of alkyl halides is 3. The van der Waals surface area contributed by atoms with Crippen molar-refractivity contribution in [2.75, 3.05) is 19.5 Å². The number of rotatable bonds is 10. The van der Waals surface area contributed by atoms with Crippen LogP contribution in [0.2, 0.25) is 0 Å². The molecule has 1 aromatic heterocycles. The molecule has 2 N–H and O–H groups in total. The Morgan fingerprint density at radius 2 is 1.66 bits per heavy atom. The summed E-state index contributed by atoms with van der Waals surface area (Å²) in [4.78, 5) is 28.0. The second-order valence-electron chi connectivity index (χ2n) is 12.5. The fourth-order valence-electron chi connectivity index (χ4n) is 5.31. The van der Waals surface area contributed by atoms with Crippen LogP contribution in [0, 0.1) is 0 Å². The van der Waals surface area contributed by atoms with E-state index in [1.54, 1.807) is 58.2 Å². The van der Waals surface area contributed by atoms with Gasteiger partial charge in [-0.05, 0) is 93.7 Å². The molecule has 0 bridgehead atoms. The molecule has 0 saturated heterocycles. The lowest BCUT2D eigenvalue weighted by Crippen LogP contribution is -2.32. The summed E-state index contributed by atoms with van der Waals surface area (Å²) in [5.41, 5.74) is 0.904. The van der Waals surface area contributed by atoms with Crippen molar-refractivity contribution in [1.29, 1.82) is 0 Å². The molecule has 1 unspecified atom stereocenters. The van der Waals surface area contributed by atoms with Gasteiger partial charge in [-0.3, -0.25) is 9.69 Å². The molecule has 1 aliphatic rings. The van der Waals surface area contributed by atoms with E-state index in [0.717, 1.165) is 40.5 Å². The van der Waals surface area contributed by atoms with Crippen molar-refractivity contribution in [2.24, 2.45) is 0 Å². The van der Waals surface area contributed by atoms with Gasteiger partial charge in [0, 0.05) is 24.3 Å². The lowest BCUT2D eigenvalue weighted by molar-refractivity contribution is -0.141. The molecule has 1 fully saturated rings. The molecule has 1 saturated carbocycles. The van der Waals surface area contributed by atoms with Crippen LogP contribution in [-0.2, 0) is 17.5 Å². The number of anilines is 1. The quantitative estimate of drug-likeness (QED) is 0.186. The molecule has 1 atom stereocenters. The summed E-state index contributed by atoms with van der Waals surface area (Å²) in [6.07, 6.45) is -3.26. The maximum Gasteiger partial charge on any atom is 0.435 e. The normalized spacial score (nSPS) is 14.1. The molecule has 2 amide bonds. The predicted octanol–water partition coefficient (Wildman–Crippen LogP) is 7.36. The summed E-state index contributed by atoms with van der Waals surface area (Å²) in [5, 5.41) is 9.15. The maximum absolute atomic E-state index is 13.8. The first kappa shape index (κ1) is 33.5. The van der Waals surface area contributed by atoms with Gasteiger partial charge in [0.25, 0.3) is 5.91 Å². The van der Waals surface area contributed by atoms with E-state index in [1.807, 2.05) is 36.4 Å². The summed E-state index contributed by atoms with van der Waals surface area (Å²) in [7, 11) is 3.67. The Morgan fingerprint density at radius 3 is 2.32 bits per heavy atom. The first-order chi connectivity index (χ1) is 22.2. The number of hydrogen-bond acceptors (Lipinski definition) is 6. The Hall–Kier alpha value is -4.84. The summed E-state index contributed by atoms with van der Waals surface area (Å²) in [6.45, 7) is 5.25. The zero-order valence-corrected chi connectivity index (χ0v) is 26.9. The minimum Gasteiger partial charge on any atom is -0.497 e. The SMILES string of the molecule is COc1cccc(C(c2cccc(NC(=O)c3cc(C(F)(F)F)nn3-c3cccc(CNC(=O)OC(C)(C)C)c3)c2)N(C)C2CC2)c1. The highest BCUT2D eigenvalue weighted by molar-refractivity contribution is 6.03. The van der Waals surface area contributed by atoms with Crippen LogP contribution in [0.5, 0.6) is 5.75 Å². The van der Waals surface area contributed by atoms with Gasteiger partial charge in [-0.25, -0.2) is 9.48 Å². The summed E-state index contributed by atoms with van der Waals surface area (Å²) >= 11 is 0. The van der Waals surface area contributed by atoms with Gasteiger partial charge in [0.1, 0.15) is 17.0 Å². The van der Waals surface area contributed by atoms with E-state index in [9.17, 15) is 22.8 Å². The number of hydrogen-bond donors (Lipinski definition) is 2. The molecule has 9 nitrogen and oxygen atoms in total. The van der Waals surface area contributed by atoms with E-state index in [-0.39, 0.29) is 24.0 Å². The molecule has 1 aliphatic carbocycles. The van der Waals surface area contributed by atoms with Gasteiger partial charge in [0.2, 0.25) is 0 Å². The molecule has 3 aromatic carbocycles. The molecule has 47 heavy (non-hydrogen) atoms. The first-order valence-electron chi connectivity index (χ1n) is 15.2. The Bertz CT molecular complexity index is 1740. The van der Waals surface area contributed by atoms with Crippen molar-refractivity contribution in [3.8, 4) is 11.4 Å². The number of nitrogens with one attached hydrogen (secondary N) is 2. The van der Waals surface area contributed by atoms with Crippen LogP contribution in [-0.4, -0.2) is 52.5 Å². The Balaban J connectivity index is 1.42. The predicted molar refractivity (Wildman–Crippen MR) is 172 cm³/mol. The number of nitrogens with zero attached hydrogens (tertiary/aromatic N) is 3. The second kappa shape index (κ2) is 13.5. The standard InChI is InChI=1S/C35H38F3N5O4/c1-34(2,3)47-33(45)39-21-22-9-6-13-27(17-22)43-29(20-30(41-43)35(36,37)38)32(44)40-25-12-7-10-23(18-25)31(42(4)26-15-16-26)24-11-8-14-28(19-24)46-5/h6-14,17-20,26,31H,15-16,21H2,1-5H3,(H,39,45)(H,40,44). The highest BCUT2D eigenvalue weighted by Crippen LogP contribution is 2.38. The third-order valence-corrected chi connectivity index (χ3v) is 7.62. The summed E-state index contributed by atoms with van der Waals surface area (Å²) < 4.78 is 53.2. The van der Waals surface area contributed by atoms with Gasteiger partial charge in [-0.2, -0.15) is 18.3 Å². The monoisotopic (exact) mass is 649 g/mol. The Kier molecular flexibility index (Phi) is 9.62. The third-order valence-electron chi connectivity index (χ3n) is 7.62. The molecular formula is C35H38F3N5O4. The van der Waals surface area contributed by atoms with Gasteiger partial charge in [-0.1, -0.05) is 36.4 Å². The van der Waals surface area contributed by atoms with Crippen LogP contribution in [0.15, 0.2) is 78.9 Å². The number of amides is 2. The maximum atomic E-state index is 13.8. The number of benzene rings is 3. The van der Waals surface area contributed by atoms with Crippen molar-refractivity contribution in [3.05, 3.63) is 107 Å². The van der Waals surface area contributed by atoms with Crippen LogP contribution in [0.1, 0.15) is 72.5 Å². The Morgan fingerprint density at radius 1 is 0.979 bits per heavy atom. The second-order valence-corrected chi connectivity index (χ2v) is 12.5. The fraction of sp³-hybridized carbons (Fsp3) is 0.343. The fourth-order valence-corrected chi connectivity index (χ4v) is 5.31. The molecule has 0 spiro atoms.